The molecule has 84 valence electrons. The lowest BCUT2D eigenvalue weighted by Crippen LogP contribution is -2.59. The van der Waals surface area contributed by atoms with Gasteiger partial charge in [0.15, 0.2) is 6.29 Å². The molecule has 0 saturated carbocycles. The van der Waals surface area contributed by atoms with Crippen LogP contribution in [0, 0.1) is 0 Å². The van der Waals surface area contributed by atoms with Crippen LogP contribution in [-0.4, -0.2) is 50.0 Å². The summed E-state index contributed by atoms with van der Waals surface area (Å²) in [6.45, 7) is 1.75. The van der Waals surface area contributed by atoms with E-state index in [0.717, 1.165) is 0 Å². The van der Waals surface area contributed by atoms with E-state index in [-0.39, 0.29) is 6.10 Å². The highest BCUT2D eigenvalue weighted by atomic mass is 16.7. The van der Waals surface area contributed by atoms with Gasteiger partial charge in [-0.25, -0.2) is 5.90 Å². The molecular weight excluding hydrogens is 190 g/mol. The minimum atomic E-state index is -1.02. The molecule has 5 atom stereocenters. The second kappa shape index (κ2) is 5.01. The molecule has 1 aliphatic rings. The van der Waals surface area contributed by atoms with Gasteiger partial charge in [0, 0.05) is 14.2 Å². The zero-order valence-corrected chi connectivity index (χ0v) is 8.54. The van der Waals surface area contributed by atoms with Gasteiger partial charge in [-0.05, 0) is 6.92 Å². The Hall–Kier alpha value is -0.240. The van der Waals surface area contributed by atoms with Gasteiger partial charge in [0.25, 0.3) is 0 Å². The normalized spacial score (nSPS) is 43.9. The summed E-state index contributed by atoms with van der Waals surface area (Å²) < 4.78 is 15.4. The van der Waals surface area contributed by atoms with Gasteiger partial charge in [-0.3, -0.25) is 4.84 Å². The van der Waals surface area contributed by atoms with Crippen molar-refractivity contribution in [1.29, 1.82) is 0 Å². The topological polar surface area (TPSA) is 83.2 Å². The number of rotatable bonds is 3. The quantitative estimate of drug-likeness (QED) is 0.578. The Morgan fingerprint density at radius 1 is 1.14 bits per heavy atom. The van der Waals surface area contributed by atoms with Gasteiger partial charge in [-0.1, -0.05) is 0 Å². The molecule has 1 heterocycles. The Balaban J connectivity index is 2.76. The van der Waals surface area contributed by atoms with Gasteiger partial charge in [-0.15, -0.1) is 0 Å². The molecule has 0 radical (unpaired) electrons. The van der Waals surface area contributed by atoms with Crippen molar-refractivity contribution in [2.75, 3.05) is 14.2 Å². The van der Waals surface area contributed by atoms with E-state index in [4.69, 9.17) is 24.9 Å². The first-order chi connectivity index (χ1) is 6.65. The minimum absolute atomic E-state index is 0.341. The molecule has 1 saturated heterocycles. The highest BCUT2D eigenvalue weighted by molar-refractivity contribution is 4.89. The lowest BCUT2D eigenvalue weighted by molar-refractivity contribution is -0.295. The maximum atomic E-state index is 9.53. The van der Waals surface area contributed by atoms with Crippen molar-refractivity contribution in [3.63, 3.8) is 0 Å². The molecule has 3 N–H and O–H groups in total. The van der Waals surface area contributed by atoms with Gasteiger partial charge < -0.3 is 19.3 Å². The zero-order chi connectivity index (χ0) is 10.7. The Kier molecular flexibility index (Phi) is 4.24. The zero-order valence-electron chi connectivity index (χ0n) is 8.54. The third kappa shape index (κ3) is 2.05. The number of nitrogens with two attached hydrogens (primary N) is 1. The molecule has 0 amide bonds. The molecule has 1 aliphatic heterocycles. The van der Waals surface area contributed by atoms with E-state index in [1.807, 2.05) is 0 Å². The highest BCUT2D eigenvalue weighted by Crippen LogP contribution is 2.24. The van der Waals surface area contributed by atoms with Crippen molar-refractivity contribution in [3.05, 3.63) is 0 Å². The summed E-state index contributed by atoms with van der Waals surface area (Å²) >= 11 is 0. The predicted octanol–water partition coefficient (Wildman–Crippen LogP) is -0.988. The van der Waals surface area contributed by atoms with Crippen molar-refractivity contribution >= 4 is 0 Å². The van der Waals surface area contributed by atoms with E-state index >= 15 is 0 Å². The standard InChI is InChI=1S/C8H17NO5/c1-4-5(14-9)6(11-2)7(12-3)8(10)13-4/h4-8,10H,9H2,1-3H3/t4-,5-,6-,7-,8-/m1/s1. The molecular formula is C8H17NO5. The van der Waals surface area contributed by atoms with E-state index in [1.54, 1.807) is 6.92 Å². The first-order valence-electron chi connectivity index (χ1n) is 4.40. The molecule has 14 heavy (non-hydrogen) atoms. The second-order valence-electron chi connectivity index (χ2n) is 3.23. The molecule has 1 rings (SSSR count). The fourth-order valence-corrected chi connectivity index (χ4v) is 1.70. The van der Waals surface area contributed by atoms with Crippen LogP contribution >= 0.6 is 0 Å². The van der Waals surface area contributed by atoms with Gasteiger partial charge in [-0.2, -0.15) is 0 Å². The third-order valence-electron chi connectivity index (χ3n) is 2.45. The van der Waals surface area contributed by atoms with Crippen LogP contribution in [0.4, 0.5) is 0 Å². The average Bonchev–Trinajstić information content (AvgIpc) is 2.16. The van der Waals surface area contributed by atoms with Crippen molar-refractivity contribution in [2.24, 2.45) is 5.90 Å². The number of hydrogen-bond acceptors (Lipinski definition) is 6. The number of aliphatic hydroxyl groups excluding tert-OH is 1. The molecule has 0 aromatic heterocycles. The average molecular weight is 207 g/mol. The van der Waals surface area contributed by atoms with E-state index in [9.17, 15) is 5.11 Å². The first-order valence-corrected chi connectivity index (χ1v) is 4.40. The molecule has 0 aromatic carbocycles. The summed E-state index contributed by atoms with van der Waals surface area (Å²) in [7, 11) is 2.97. The van der Waals surface area contributed by atoms with Crippen LogP contribution in [-0.2, 0) is 19.0 Å². The first kappa shape index (κ1) is 11.8. The Bertz CT molecular complexity index is 163. The third-order valence-corrected chi connectivity index (χ3v) is 2.45. The van der Waals surface area contributed by atoms with Gasteiger partial charge in [0.05, 0.1) is 6.10 Å². The van der Waals surface area contributed by atoms with Crippen LogP contribution in [0.25, 0.3) is 0 Å². The van der Waals surface area contributed by atoms with E-state index in [1.165, 1.54) is 14.2 Å². The molecule has 6 heteroatoms. The predicted molar refractivity (Wildman–Crippen MR) is 47.2 cm³/mol. The van der Waals surface area contributed by atoms with Crippen molar-refractivity contribution in [1.82, 2.24) is 0 Å². The molecule has 0 spiro atoms. The van der Waals surface area contributed by atoms with Crippen LogP contribution in [0.3, 0.4) is 0 Å². The lowest BCUT2D eigenvalue weighted by atomic mass is 9.99. The Labute approximate surface area is 82.8 Å². The Morgan fingerprint density at radius 3 is 2.14 bits per heavy atom. The molecule has 0 unspecified atom stereocenters. The van der Waals surface area contributed by atoms with Gasteiger partial charge in [0.1, 0.15) is 18.3 Å². The maximum Gasteiger partial charge on any atom is 0.184 e. The summed E-state index contributed by atoms with van der Waals surface area (Å²) in [6, 6.07) is 0. The SMILES string of the molecule is CO[C@H]1[C@@H](OC)[C@H](O)O[C@H](C)[C@H]1ON. The maximum absolute atomic E-state index is 9.53. The summed E-state index contributed by atoms with van der Waals surface area (Å²) in [5.41, 5.74) is 0. The number of ether oxygens (including phenoxy) is 3. The number of methoxy groups -OCH3 is 2. The highest BCUT2D eigenvalue weighted by Gasteiger charge is 2.45. The molecule has 1 fully saturated rings. The number of hydrogen-bond donors (Lipinski definition) is 2. The van der Waals surface area contributed by atoms with Crippen LogP contribution in [0.15, 0.2) is 0 Å². The minimum Gasteiger partial charge on any atom is -0.376 e. The van der Waals surface area contributed by atoms with Crippen molar-refractivity contribution in [2.45, 2.75) is 37.6 Å². The monoisotopic (exact) mass is 207 g/mol. The molecule has 0 bridgehead atoms. The summed E-state index contributed by atoms with van der Waals surface area (Å²) in [5.74, 6) is 5.12. The van der Waals surface area contributed by atoms with Crippen molar-refractivity contribution in [3.8, 4) is 0 Å². The smallest absolute Gasteiger partial charge is 0.184 e. The largest absolute Gasteiger partial charge is 0.376 e. The van der Waals surface area contributed by atoms with E-state index in [0.29, 0.717) is 0 Å². The molecule has 6 nitrogen and oxygen atoms in total. The van der Waals surface area contributed by atoms with Gasteiger partial charge >= 0.3 is 0 Å². The summed E-state index contributed by atoms with van der Waals surface area (Å²) in [5, 5.41) is 9.53. The fourth-order valence-electron chi connectivity index (χ4n) is 1.70. The van der Waals surface area contributed by atoms with E-state index in [2.05, 4.69) is 0 Å². The second-order valence-corrected chi connectivity index (χ2v) is 3.23. The van der Waals surface area contributed by atoms with Gasteiger partial charge in [0.2, 0.25) is 0 Å². The van der Waals surface area contributed by atoms with Crippen LogP contribution < -0.4 is 5.90 Å². The summed E-state index contributed by atoms with van der Waals surface area (Å²) in [4.78, 5) is 4.75. The number of aliphatic hydroxyl groups is 1. The van der Waals surface area contributed by atoms with Crippen LogP contribution in [0.5, 0.6) is 0 Å². The molecule has 0 aromatic rings. The van der Waals surface area contributed by atoms with Crippen LogP contribution in [0.1, 0.15) is 6.92 Å². The lowest BCUT2D eigenvalue weighted by Gasteiger charge is -2.41. The van der Waals surface area contributed by atoms with Crippen molar-refractivity contribution < 1.29 is 24.2 Å². The van der Waals surface area contributed by atoms with Crippen LogP contribution in [0.2, 0.25) is 0 Å². The Morgan fingerprint density at radius 2 is 1.71 bits per heavy atom. The fraction of sp³-hybridized carbons (Fsp3) is 1.00. The van der Waals surface area contributed by atoms with E-state index < -0.39 is 24.6 Å². The summed E-state index contributed by atoms with van der Waals surface area (Å²) in [6.07, 6.45) is -2.85. The molecule has 0 aliphatic carbocycles.